The maximum atomic E-state index is 12.7. The highest BCUT2D eigenvalue weighted by Crippen LogP contribution is 2.37. The molecule has 2 N–H and O–H groups in total. The van der Waals surface area contributed by atoms with Crippen molar-refractivity contribution in [3.8, 4) is 11.5 Å². The monoisotopic (exact) mass is 786 g/mol. The molecule has 0 saturated heterocycles. The van der Waals surface area contributed by atoms with Crippen molar-refractivity contribution in [1.82, 2.24) is 29.4 Å². The number of hydrogen-bond donors (Lipinski definition) is 2. The summed E-state index contributed by atoms with van der Waals surface area (Å²) in [5.74, 6) is 0.366. The Morgan fingerprint density at radius 1 is 0.625 bits per heavy atom. The van der Waals surface area contributed by atoms with Gasteiger partial charge >= 0.3 is 13.2 Å². The molecule has 0 unspecified atom stereocenters. The van der Waals surface area contributed by atoms with E-state index in [0.717, 1.165) is 68.9 Å². The summed E-state index contributed by atoms with van der Waals surface area (Å²) in [4.78, 5) is 9.35. The molecule has 0 spiro atoms. The van der Waals surface area contributed by atoms with Crippen LogP contribution in [0, 0.1) is 0 Å². The predicted molar refractivity (Wildman–Crippen MR) is 179 cm³/mol. The summed E-state index contributed by atoms with van der Waals surface area (Å²) < 4.78 is 66.2. The molecule has 2 aromatic carbocycles. The number of para-hydroxylation sites is 2. The van der Waals surface area contributed by atoms with Crippen molar-refractivity contribution >= 4 is 43.2 Å². The van der Waals surface area contributed by atoms with E-state index in [9.17, 15) is 17.6 Å². The summed E-state index contributed by atoms with van der Waals surface area (Å²) in [6.07, 6.45) is 5.47. The molecule has 6 aromatic rings. The van der Waals surface area contributed by atoms with E-state index in [2.05, 4.69) is 52.5 Å². The lowest BCUT2D eigenvalue weighted by atomic mass is 9.97. The lowest BCUT2D eigenvalue weighted by Gasteiger charge is -2.26. The molecule has 0 amide bonds. The van der Waals surface area contributed by atoms with Crippen LogP contribution >= 0.6 is 31.9 Å². The second-order valence-electron chi connectivity index (χ2n) is 11.1. The number of nitrogens with one attached hydrogen (secondary N) is 2. The maximum absolute atomic E-state index is 12.7. The molecule has 48 heavy (non-hydrogen) atoms. The van der Waals surface area contributed by atoms with Crippen LogP contribution in [0.15, 0.2) is 94.1 Å². The van der Waals surface area contributed by atoms with E-state index in [4.69, 9.17) is 9.47 Å². The standard InChI is InChI=1S/2C17H14BrF2N3O/c2*18-10-5-6-14-22-12-7-8-21-15(16(12)23(14)9-10)11-3-1-2-4-13(11)24-17(19)20/h2*1-6,9,15,17,21H,7-8H2/t2*15-/m10/s1. The highest BCUT2D eigenvalue weighted by atomic mass is 79.9. The highest BCUT2D eigenvalue weighted by Gasteiger charge is 2.30. The first-order valence-electron chi connectivity index (χ1n) is 15.1. The number of pyridine rings is 2. The van der Waals surface area contributed by atoms with Gasteiger partial charge in [-0.05, 0) is 68.3 Å². The topological polar surface area (TPSA) is 77.1 Å². The number of ether oxygens (including phenoxy) is 2. The molecule has 0 saturated carbocycles. The molecule has 6 heterocycles. The Kier molecular flexibility index (Phi) is 9.40. The van der Waals surface area contributed by atoms with Gasteiger partial charge in [-0.1, -0.05) is 36.4 Å². The minimum absolute atomic E-state index is 0.183. The van der Waals surface area contributed by atoms with E-state index in [1.165, 1.54) is 0 Å². The summed E-state index contributed by atoms with van der Waals surface area (Å²) in [7, 11) is 0. The van der Waals surface area contributed by atoms with Crippen molar-refractivity contribution in [2.45, 2.75) is 38.1 Å². The zero-order valence-corrected chi connectivity index (χ0v) is 28.3. The van der Waals surface area contributed by atoms with E-state index in [1.807, 2.05) is 69.7 Å². The second-order valence-corrected chi connectivity index (χ2v) is 13.0. The molecular formula is C34H28Br2F4N6O2. The van der Waals surface area contributed by atoms with Crippen LogP contribution in [0.5, 0.6) is 11.5 Å². The van der Waals surface area contributed by atoms with Crippen molar-refractivity contribution in [3.63, 3.8) is 0 Å². The molecule has 14 heteroatoms. The predicted octanol–water partition coefficient (Wildman–Crippen LogP) is 7.87. The lowest BCUT2D eigenvalue weighted by molar-refractivity contribution is -0.0513. The smallest absolute Gasteiger partial charge is 0.387 e. The SMILES string of the molecule is FC(F)Oc1ccccc1[C@@H]1NCCc2nc3ccc(Br)cn3c21.FC(F)Oc1ccccc1[C@H]1NCCc2nc3ccc(Br)cn3c21. The van der Waals surface area contributed by atoms with Crippen molar-refractivity contribution in [2.24, 2.45) is 0 Å². The van der Waals surface area contributed by atoms with Gasteiger partial charge in [0, 0.05) is 58.4 Å². The molecule has 2 aliphatic rings. The van der Waals surface area contributed by atoms with Gasteiger partial charge in [-0.25, -0.2) is 9.97 Å². The number of alkyl halides is 4. The minimum Gasteiger partial charge on any atom is -0.434 e. The van der Waals surface area contributed by atoms with Gasteiger partial charge in [-0.2, -0.15) is 17.6 Å². The molecule has 0 aliphatic carbocycles. The van der Waals surface area contributed by atoms with Crippen molar-refractivity contribution in [3.05, 3.63) is 128 Å². The third-order valence-corrected chi connectivity index (χ3v) is 9.19. The number of rotatable bonds is 6. The number of aromatic nitrogens is 4. The number of halogens is 6. The largest absolute Gasteiger partial charge is 0.434 e. The van der Waals surface area contributed by atoms with Crippen LogP contribution in [0.4, 0.5) is 17.6 Å². The van der Waals surface area contributed by atoms with Gasteiger partial charge in [0.2, 0.25) is 0 Å². The summed E-state index contributed by atoms with van der Waals surface area (Å²) in [6.45, 7) is -4.26. The number of hydrogen-bond acceptors (Lipinski definition) is 6. The van der Waals surface area contributed by atoms with Gasteiger partial charge in [-0.15, -0.1) is 0 Å². The van der Waals surface area contributed by atoms with Gasteiger partial charge in [-0.3, -0.25) is 0 Å². The second kappa shape index (κ2) is 13.9. The molecule has 0 fully saturated rings. The first kappa shape index (κ1) is 32.6. The van der Waals surface area contributed by atoms with E-state index >= 15 is 0 Å². The van der Waals surface area contributed by atoms with E-state index in [-0.39, 0.29) is 23.6 Å². The van der Waals surface area contributed by atoms with Crippen molar-refractivity contribution < 1.29 is 27.0 Å². The molecule has 248 valence electrons. The molecule has 8 nitrogen and oxygen atoms in total. The number of nitrogens with zero attached hydrogens (tertiary/aromatic N) is 4. The summed E-state index contributed by atoms with van der Waals surface area (Å²) in [6, 6.07) is 21.0. The Labute approximate surface area is 289 Å². The van der Waals surface area contributed by atoms with Crippen LogP contribution < -0.4 is 20.1 Å². The van der Waals surface area contributed by atoms with Gasteiger partial charge in [0.1, 0.15) is 22.8 Å². The van der Waals surface area contributed by atoms with Crippen LogP contribution in [0.2, 0.25) is 0 Å². The van der Waals surface area contributed by atoms with Crippen LogP contribution in [0.25, 0.3) is 11.3 Å². The number of imidazole rings is 2. The first-order chi connectivity index (χ1) is 23.3. The zero-order chi connectivity index (χ0) is 33.4. The van der Waals surface area contributed by atoms with Gasteiger partial charge < -0.3 is 28.9 Å². The fourth-order valence-corrected chi connectivity index (χ4v) is 7.05. The molecule has 0 radical (unpaired) electrons. The molecule has 4 aromatic heterocycles. The van der Waals surface area contributed by atoms with Crippen LogP contribution in [-0.4, -0.2) is 45.1 Å². The Bertz CT molecular complexity index is 1940. The molecule has 8 rings (SSSR count). The molecule has 2 aliphatic heterocycles. The summed E-state index contributed by atoms with van der Waals surface area (Å²) >= 11 is 6.95. The Morgan fingerprint density at radius 3 is 1.46 bits per heavy atom. The number of fused-ring (bicyclic) bond motifs is 6. The van der Waals surface area contributed by atoms with Crippen LogP contribution in [-0.2, 0) is 12.8 Å². The molecular weight excluding hydrogens is 760 g/mol. The van der Waals surface area contributed by atoms with Crippen LogP contribution in [0.1, 0.15) is 46.0 Å². The lowest BCUT2D eigenvalue weighted by Crippen LogP contribution is -2.31. The third kappa shape index (κ3) is 6.53. The zero-order valence-electron chi connectivity index (χ0n) is 25.1. The Balaban J connectivity index is 0.000000152. The third-order valence-electron chi connectivity index (χ3n) is 8.25. The quantitative estimate of drug-likeness (QED) is 0.168. The highest BCUT2D eigenvalue weighted by molar-refractivity contribution is 9.10. The van der Waals surface area contributed by atoms with Gasteiger partial charge in [0.25, 0.3) is 0 Å². The maximum Gasteiger partial charge on any atom is 0.387 e. The summed E-state index contributed by atoms with van der Waals surface area (Å²) in [5, 5.41) is 6.80. The average molecular weight is 788 g/mol. The fraction of sp³-hybridized carbons (Fsp3) is 0.235. The van der Waals surface area contributed by atoms with E-state index < -0.39 is 13.2 Å². The summed E-state index contributed by atoms with van der Waals surface area (Å²) in [5.41, 5.74) is 6.91. The Morgan fingerprint density at radius 2 is 1.04 bits per heavy atom. The first-order valence-corrected chi connectivity index (χ1v) is 16.7. The van der Waals surface area contributed by atoms with Gasteiger partial charge in [0.05, 0.1) is 34.9 Å². The van der Waals surface area contributed by atoms with Gasteiger partial charge in [0.15, 0.2) is 0 Å². The molecule has 2 atom stereocenters. The average Bonchev–Trinajstić information content (AvgIpc) is 3.63. The van der Waals surface area contributed by atoms with E-state index in [0.29, 0.717) is 11.1 Å². The Hall–Kier alpha value is -3.98. The number of benzene rings is 2. The van der Waals surface area contributed by atoms with Crippen LogP contribution in [0.3, 0.4) is 0 Å². The minimum atomic E-state index is -2.86. The fourth-order valence-electron chi connectivity index (χ4n) is 6.37. The van der Waals surface area contributed by atoms with Crippen molar-refractivity contribution in [2.75, 3.05) is 13.1 Å². The van der Waals surface area contributed by atoms with E-state index in [1.54, 1.807) is 24.3 Å². The molecule has 0 bridgehead atoms. The van der Waals surface area contributed by atoms with Crippen molar-refractivity contribution in [1.29, 1.82) is 0 Å². The normalized spacial score (nSPS) is 17.2.